The lowest BCUT2D eigenvalue weighted by Gasteiger charge is -2.21. The van der Waals surface area contributed by atoms with E-state index in [1.807, 2.05) is 0 Å². The molecule has 0 bridgehead atoms. The number of sulfone groups is 1. The van der Waals surface area contributed by atoms with Crippen molar-refractivity contribution < 1.29 is 31.1 Å². The quantitative estimate of drug-likeness (QED) is 0.434. The summed E-state index contributed by atoms with van der Waals surface area (Å²) in [6.07, 6.45) is 0.0655. The van der Waals surface area contributed by atoms with Crippen molar-refractivity contribution in [3.05, 3.63) is 89.2 Å². The molecule has 0 saturated heterocycles. The van der Waals surface area contributed by atoms with Gasteiger partial charge in [-0.2, -0.15) is 0 Å². The van der Waals surface area contributed by atoms with Crippen LogP contribution in [0.25, 0.3) is 0 Å². The van der Waals surface area contributed by atoms with E-state index in [1.54, 1.807) is 43.3 Å². The number of benzene rings is 3. The van der Waals surface area contributed by atoms with E-state index < -0.39 is 38.6 Å². The Bertz CT molecular complexity index is 1400. The number of nitrogens with one attached hydrogen (secondary N) is 1. The van der Waals surface area contributed by atoms with Crippen molar-refractivity contribution in [1.29, 1.82) is 0 Å². The highest BCUT2D eigenvalue weighted by atomic mass is 32.2. The van der Waals surface area contributed by atoms with Gasteiger partial charge in [-0.05, 0) is 55.8 Å². The molecule has 188 valence electrons. The maximum atomic E-state index is 13.9. The Hall–Kier alpha value is -3.77. The molecule has 0 unspecified atom stereocenters. The third kappa shape index (κ3) is 7.12. The second-order valence-electron chi connectivity index (χ2n) is 8.41. The fraction of sp³-hybridized carbons (Fsp3) is 0.222. The van der Waals surface area contributed by atoms with E-state index in [1.165, 1.54) is 26.0 Å². The summed E-state index contributed by atoms with van der Waals surface area (Å²) in [6, 6.07) is 13.8. The fourth-order valence-corrected chi connectivity index (χ4v) is 4.02. The second kappa shape index (κ2) is 10.9. The average Bonchev–Trinajstić information content (AvgIpc) is 2.81. The molecule has 0 spiro atoms. The second-order valence-corrected chi connectivity index (χ2v) is 10.7. The van der Waals surface area contributed by atoms with Gasteiger partial charge in [-0.25, -0.2) is 21.6 Å². The lowest BCUT2D eigenvalue weighted by molar-refractivity contribution is -0.115. The molecule has 1 N–H and O–H groups in total. The smallest absolute Gasteiger partial charge is 0.228 e. The largest absolute Gasteiger partial charge is 0.469 e. The van der Waals surface area contributed by atoms with Crippen molar-refractivity contribution in [1.82, 2.24) is 0 Å². The molecule has 0 aliphatic heterocycles. The van der Waals surface area contributed by atoms with Crippen molar-refractivity contribution in [3.8, 4) is 17.6 Å². The molecule has 0 saturated carbocycles. The summed E-state index contributed by atoms with van der Waals surface area (Å²) in [5.74, 6) is 1.26. The van der Waals surface area contributed by atoms with Crippen LogP contribution < -0.4 is 10.1 Å². The first-order chi connectivity index (χ1) is 16.9. The highest BCUT2D eigenvalue weighted by Gasteiger charge is 2.22. The van der Waals surface area contributed by atoms with Crippen LogP contribution in [-0.4, -0.2) is 25.7 Å². The molecular weight excluding hydrogens is 491 g/mol. The molecule has 3 rings (SSSR count). The van der Waals surface area contributed by atoms with Gasteiger partial charge in [0.15, 0.2) is 32.8 Å². The van der Waals surface area contributed by atoms with E-state index in [9.17, 15) is 26.4 Å². The van der Waals surface area contributed by atoms with Gasteiger partial charge in [0.2, 0.25) is 5.91 Å². The molecule has 0 fully saturated rings. The van der Waals surface area contributed by atoms with Crippen LogP contribution in [0.2, 0.25) is 0 Å². The van der Waals surface area contributed by atoms with E-state index >= 15 is 0 Å². The molecule has 0 heterocycles. The van der Waals surface area contributed by atoms with Crippen LogP contribution >= 0.6 is 0 Å². The zero-order valence-corrected chi connectivity index (χ0v) is 20.7. The molecule has 3 aromatic carbocycles. The maximum absolute atomic E-state index is 13.9. The monoisotopic (exact) mass is 515 g/mol. The van der Waals surface area contributed by atoms with Gasteiger partial charge in [0.1, 0.15) is 5.82 Å². The summed E-state index contributed by atoms with van der Waals surface area (Å²) in [6.45, 7) is 4.60. The Morgan fingerprint density at radius 2 is 1.56 bits per heavy atom. The molecule has 3 aromatic rings. The molecule has 36 heavy (non-hydrogen) atoms. The van der Waals surface area contributed by atoms with Gasteiger partial charge in [0, 0.05) is 23.4 Å². The number of rotatable bonds is 7. The summed E-state index contributed by atoms with van der Waals surface area (Å²) in [5.41, 5.74) is 0.485. The first kappa shape index (κ1) is 26.8. The van der Waals surface area contributed by atoms with Crippen LogP contribution in [0.15, 0.2) is 65.6 Å². The number of hydrogen-bond donors (Lipinski definition) is 1. The summed E-state index contributed by atoms with van der Waals surface area (Å²) in [7, 11) is -3.30. The first-order valence-electron chi connectivity index (χ1n) is 11.0. The molecule has 0 aliphatic carbocycles. The summed E-state index contributed by atoms with van der Waals surface area (Å²) >= 11 is 0. The lowest BCUT2D eigenvalue weighted by Crippen LogP contribution is -2.27. The number of anilines is 1. The molecule has 0 atom stereocenters. The van der Waals surface area contributed by atoms with Crippen molar-refractivity contribution in [2.24, 2.45) is 0 Å². The zero-order chi connectivity index (χ0) is 26.5. The van der Waals surface area contributed by atoms with Crippen LogP contribution in [-0.2, 0) is 21.1 Å². The van der Waals surface area contributed by atoms with Crippen LogP contribution in [0, 0.1) is 29.3 Å². The van der Waals surface area contributed by atoms with E-state index in [4.69, 9.17) is 4.74 Å². The van der Waals surface area contributed by atoms with Crippen LogP contribution in [0.4, 0.5) is 18.9 Å². The SMILES string of the molecule is CCS(=O)(=O)c1ccc(CC(=O)Nc2ccc(C#CC(C)(C)Oc3c(F)cc(F)cc3F)cc2)cc1. The van der Waals surface area contributed by atoms with E-state index in [0.717, 1.165) is 0 Å². The van der Waals surface area contributed by atoms with E-state index in [-0.39, 0.29) is 23.0 Å². The Morgan fingerprint density at radius 3 is 2.11 bits per heavy atom. The standard InChI is InChI=1S/C27H24F3NO4S/c1-4-36(33,34)22-11-7-19(8-12-22)15-25(32)31-21-9-5-18(6-10-21)13-14-27(2,3)35-26-23(29)16-20(28)17-24(26)30/h5-12,16-17H,4,15H2,1-3H3,(H,31,32). The predicted octanol–water partition coefficient (Wildman–Crippen LogP) is 5.29. The Morgan fingerprint density at radius 1 is 0.972 bits per heavy atom. The van der Waals surface area contributed by atoms with E-state index in [2.05, 4.69) is 17.2 Å². The number of hydrogen-bond acceptors (Lipinski definition) is 4. The number of carbonyl (C=O) groups is 1. The normalized spacial score (nSPS) is 11.4. The van der Waals surface area contributed by atoms with Gasteiger partial charge < -0.3 is 10.1 Å². The third-order valence-electron chi connectivity index (χ3n) is 5.02. The predicted molar refractivity (Wildman–Crippen MR) is 131 cm³/mol. The first-order valence-corrected chi connectivity index (χ1v) is 12.6. The lowest BCUT2D eigenvalue weighted by atomic mass is 10.1. The number of amides is 1. The van der Waals surface area contributed by atoms with Crippen LogP contribution in [0.5, 0.6) is 5.75 Å². The van der Waals surface area contributed by atoms with Gasteiger partial charge in [-0.15, -0.1) is 0 Å². The molecule has 0 radical (unpaired) electrons. The average molecular weight is 516 g/mol. The molecule has 9 heteroatoms. The van der Waals surface area contributed by atoms with Crippen LogP contribution in [0.3, 0.4) is 0 Å². The number of halogens is 3. The summed E-state index contributed by atoms with van der Waals surface area (Å²) in [5, 5.41) is 2.75. The summed E-state index contributed by atoms with van der Waals surface area (Å²) < 4.78 is 69.9. The van der Waals surface area contributed by atoms with Crippen molar-refractivity contribution >= 4 is 21.4 Å². The highest BCUT2D eigenvalue weighted by molar-refractivity contribution is 7.91. The molecule has 5 nitrogen and oxygen atoms in total. The Kier molecular flexibility index (Phi) is 8.10. The van der Waals surface area contributed by atoms with Gasteiger partial charge in [0.05, 0.1) is 17.1 Å². The summed E-state index contributed by atoms with van der Waals surface area (Å²) in [4.78, 5) is 12.6. The minimum atomic E-state index is -3.30. The topological polar surface area (TPSA) is 72.5 Å². The zero-order valence-electron chi connectivity index (χ0n) is 19.9. The number of ether oxygens (including phenoxy) is 1. The van der Waals surface area contributed by atoms with Gasteiger partial charge >= 0.3 is 0 Å². The fourth-order valence-electron chi connectivity index (χ4n) is 3.14. The van der Waals surface area contributed by atoms with Gasteiger partial charge in [-0.3, -0.25) is 4.79 Å². The highest BCUT2D eigenvalue weighted by Crippen LogP contribution is 2.26. The van der Waals surface area contributed by atoms with E-state index in [0.29, 0.717) is 28.9 Å². The van der Waals surface area contributed by atoms with Crippen molar-refractivity contribution in [2.45, 2.75) is 37.7 Å². The molecular formula is C27H24F3NO4S. The Labute approximate surface area is 208 Å². The molecule has 0 aromatic heterocycles. The number of carbonyl (C=O) groups excluding carboxylic acids is 1. The van der Waals surface area contributed by atoms with Crippen molar-refractivity contribution in [2.75, 3.05) is 11.1 Å². The third-order valence-corrected chi connectivity index (χ3v) is 6.77. The van der Waals surface area contributed by atoms with Crippen molar-refractivity contribution in [3.63, 3.8) is 0 Å². The van der Waals surface area contributed by atoms with Gasteiger partial charge in [-0.1, -0.05) is 30.9 Å². The van der Waals surface area contributed by atoms with Crippen LogP contribution in [0.1, 0.15) is 31.9 Å². The Balaban J connectivity index is 1.61. The maximum Gasteiger partial charge on any atom is 0.228 e. The minimum Gasteiger partial charge on any atom is -0.469 e. The minimum absolute atomic E-state index is 0.00305. The molecule has 0 aliphatic rings. The molecule has 1 amide bonds. The van der Waals surface area contributed by atoms with Gasteiger partial charge in [0.25, 0.3) is 0 Å².